The van der Waals surface area contributed by atoms with E-state index in [1.807, 2.05) is 24.3 Å². The molecule has 33 heavy (non-hydrogen) atoms. The third-order valence-corrected chi connectivity index (χ3v) is 7.06. The van der Waals surface area contributed by atoms with Gasteiger partial charge in [0.2, 0.25) is 10.0 Å². The van der Waals surface area contributed by atoms with E-state index in [2.05, 4.69) is 4.72 Å². The van der Waals surface area contributed by atoms with Crippen LogP contribution in [0.25, 0.3) is 0 Å². The monoisotopic (exact) mass is 487 g/mol. The molecule has 0 spiro atoms. The van der Waals surface area contributed by atoms with E-state index in [4.69, 9.17) is 26.2 Å². The van der Waals surface area contributed by atoms with Crippen LogP contribution < -0.4 is 14.2 Å². The molecule has 0 fully saturated rings. The van der Waals surface area contributed by atoms with Crippen molar-refractivity contribution in [2.24, 2.45) is 0 Å². The lowest BCUT2D eigenvalue weighted by Crippen LogP contribution is -2.31. The second kappa shape index (κ2) is 9.82. The number of ether oxygens (including phenoxy) is 2. The summed E-state index contributed by atoms with van der Waals surface area (Å²) >= 11 is 6.31. The van der Waals surface area contributed by atoms with Crippen LogP contribution in [0.3, 0.4) is 0 Å². The smallest absolute Gasteiger partial charge is 0.341 e. The third kappa shape index (κ3) is 5.47. The number of sulfonamides is 1. The van der Waals surface area contributed by atoms with Crippen molar-refractivity contribution in [3.8, 4) is 17.2 Å². The fraction of sp³-hybridized carbons (Fsp3) is 0.208. The molecule has 4 rings (SSSR count). The van der Waals surface area contributed by atoms with Crippen LogP contribution >= 0.6 is 11.6 Å². The van der Waals surface area contributed by atoms with Gasteiger partial charge in [-0.1, -0.05) is 41.9 Å². The summed E-state index contributed by atoms with van der Waals surface area (Å²) in [5.74, 6) is 0.333. The molecule has 3 aromatic carbocycles. The van der Waals surface area contributed by atoms with Crippen LogP contribution in [0, 0.1) is 0 Å². The van der Waals surface area contributed by atoms with Crippen LogP contribution in [0.4, 0.5) is 0 Å². The summed E-state index contributed by atoms with van der Waals surface area (Å²) in [6.07, 6.45) is 2.02. The van der Waals surface area contributed by atoms with Gasteiger partial charge in [-0.2, -0.15) is 0 Å². The Hall–Kier alpha value is -3.07. The maximum Gasteiger partial charge on any atom is 0.341 e. The number of carboxylic acid groups (broad SMARTS) is 1. The molecule has 0 heterocycles. The summed E-state index contributed by atoms with van der Waals surface area (Å²) in [6.45, 7) is -0.456. The minimum absolute atomic E-state index is 0.0262. The van der Waals surface area contributed by atoms with Crippen LogP contribution in [0.5, 0.6) is 17.2 Å². The van der Waals surface area contributed by atoms with E-state index < -0.39 is 28.6 Å². The fourth-order valence-corrected chi connectivity index (χ4v) is 5.37. The highest BCUT2D eigenvalue weighted by molar-refractivity contribution is 7.89. The predicted molar refractivity (Wildman–Crippen MR) is 124 cm³/mol. The molecule has 0 saturated heterocycles. The number of aliphatic carboxylic acids is 1. The van der Waals surface area contributed by atoms with Gasteiger partial charge in [0.15, 0.2) is 6.61 Å². The second-order valence-electron chi connectivity index (χ2n) is 7.58. The van der Waals surface area contributed by atoms with Crippen LogP contribution in [-0.4, -0.2) is 26.1 Å². The van der Waals surface area contributed by atoms with E-state index in [-0.39, 0.29) is 9.92 Å². The Morgan fingerprint density at radius 2 is 1.85 bits per heavy atom. The first-order chi connectivity index (χ1) is 15.8. The van der Waals surface area contributed by atoms with E-state index >= 15 is 0 Å². The quantitative estimate of drug-likeness (QED) is 0.466. The maximum atomic E-state index is 13.1. The Morgan fingerprint density at radius 3 is 2.58 bits per heavy atom. The molecule has 2 N–H and O–H groups in total. The molecule has 0 bridgehead atoms. The highest BCUT2D eigenvalue weighted by Gasteiger charge is 2.28. The predicted octanol–water partition coefficient (Wildman–Crippen LogP) is 4.95. The largest absolute Gasteiger partial charge is 0.482 e. The number of carboxylic acids is 1. The minimum atomic E-state index is -3.88. The Morgan fingerprint density at radius 1 is 1.06 bits per heavy atom. The van der Waals surface area contributed by atoms with E-state index in [1.54, 1.807) is 24.3 Å². The lowest BCUT2D eigenvalue weighted by Gasteiger charge is -2.27. The molecule has 1 aliphatic carbocycles. The lowest BCUT2D eigenvalue weighted by molar-refractivity contribution is -0.139. The summed E-state index contributed by atoms with van der Waals surface area (Å²) in [5.41, 5.74) is 1.60. The number of fused-ring (bicyclic) bond motifs is 1. The molecule has 1 aliphatic rings. The number of hydrogen-bond donors (Lipinski definition) is 2. The Balaban J connectivity index is 1.54. The number of halogens is 1. The average Bonchev–Trinajstić information content (AvgIpc) is 2.79. The van der Waals surface area contributed by atoms with E-state index in [0.29, 0.717) is 30.1 Å². The molecular formula is C24H22ClNO6S. The fourth-order valence-electron chi connectivity index (χ4n) is 3.81. The zero-order valence-electron chi connectivity index (χ0n) is 17.5. The summed E-state index contributed by atoms with van der Waals surface area (Å²) in [4.78, 5) is 10.9. The molecule has 1 atom stereocenters. The van der Waals surface area contributed by atoms with E-state index in [1.165, 1.54) is 18.2 Å². The number of benzene rings is 3. The molecule has 0 unspecified atom stereocenters. The first-order valence-electron chi connectivity index (χ1n) is 10.3. The maximum absolute atomic E-state index is 13.1. The molecule has 0 aliphatic heterocycles. The van der Waals surface area contributed by atoms with Gasteiger partial charge >= 0.3 is 5.97 Å². The van der Waals surface area contributed by atoms with Crippen molar-refractivity contribution in [1.82, 2.24) is 4.72 Å². The highest BCUT2D eigenvalue weighted by Crippen LogP contribution is 2.37. The highest BCUT2D eigenvalue weighted by atomic mass is 35.5. The minimum Gasteiger partial charge on any atom is -0.482 e. The van der Waals surface area contributed by atoms with Crippen molar-refractivity contribution in [2.75, 3.05) is 6.61 Å². The van der Waals surface area contributed by atoms with Gasteiger partial charge in [-0.25, -0.2) is 17.9 Å². The van der Waals surface area contributed by atoms with Crippen molar-refractivity contribution in [2.45, 2.75) is 30.2 Å². The van der Waals surface area contributed by atoms with Crippen molar-refractivity contribution in [1.29, 1.82) is 0 Å². The Bertz CT molecular complexity index is 1260. The first-order valence-corrected chi connectivity index (χ1v) is 12.2. The molecule has 0 amide bonds. The molecule has 172 valence electrons. The molecule has 3 aromatic rings. The SMILES string of the molecule is O=C(O)COc1cccc2c1CCC[C@H]2NS(=O)(=O)c1ccc(Oc2ccccc2)c(Cl)c1. The van der Waals surface area contributed by atoms with Crippen molar-refractivity contribution >= 4 is 27.6 Å². The first kappa shape index (κ1) is 23.1. The average molecular weight is 488 g/mol. The summed E-state index contributed by atoms with van der Waals surface area (Å²) in [7, 11) is -3.88. The van der Waals surface area contributed by atoms with Crippen LogP contribution in [0.1, 0.15) is 30.0 Å². The molecule has 0 saturated carbocycles. The lowest BCUT2D eigenvalue weighted by atomic mass is 9.87. The third-order valence-electron chi connectivity index (χ3n) is 5.30. The standard InChI is InChI=1S/C24H22ClNO6S/c25-20-14-17(12-13-23(20)32-16-6-2-1-3-7-16)33(29,30)26-21-10-4-9-19-18(21)8-5-11-22(19)31-15-24(27)28/h1-3,5-8,11-14,21,26H,4,9-10,15H2,(H,27,28)/t21-/m1/s1. The zero-order valence-corrected chi connectivity index (χ0v) is 19.1. The van der Waals surface area contributed by atoms with Crippen LogP contribution in [0.15, 0.2) is 71.6 Å². The van der Waals surface area contributed by atoms with E-state index in [9.17, 15) is 13.2 Å². The molecule has 0 aromatic heterocycles. The van der Waals surface area contributed by atoms with Crippen LogP contribution in [-0.2, 0) is 21.2 Å². The number of carbonyl (C=O) groups is 1. The van der Waals surface area contributed by atoms with Crippen LogP contribution in [0.2, 0.25) is 5.02 Å². The summed E-state index contributed by atoms with van der Waals surface area (Å²) in [6, 6.07) is 18.2. The number of nitrogens with one attached hydrogen (secondary N) is 1. The molecular weight excluding hydrogens is 466 g/mol. The van der Waals surface area contributed by atoms with Gasteiger partial charge in [-0.05, 0) is 66.8 Å². The van der Waals surface area contributed by atoms with Crippen molar-refractivity contribution in [3.63, 3.8) is 0 Å². The van der Waals surface area contributed by atoms with Gasteiger partial charge in [0.1, 0.15) is 17.2 Å². The summed E-state index contributed by atoms with van der Waals surface area (Å²) in [5, 5.41) is 9.07. The Labute approximate surface area is 197 Å². The Kier molecular flexibility index (Phi) is 6.88. The zero-order chi connectivity index (χ0) is 23.4. The van der Waals surface area contributed by atoms with Gasteiger partial charge < -0.3 is 14.6 Å². The topological polar surface area (TPSA) is 102 Å². The van der Waals surface area contributed by atoms with Gasteiger partial charge in [0.25, 0.3) is 0 Å². The van der Waals surface area contributed by atoms with E-state index in [0.717, 1.165) is 17.5 Å². The van der Waals surface area contributed by atoms with Gasteiger partial charge in [0, 0.05) is 6.04 Å². The van der Waals surface area contributed by atoms with Gasteiger partial charge in [-0.3, -0.25) is 0 Å². The number of para-hydroxylation sites is 1. The van der Waals surface area contributed by atoms with Gasteiger partial charge in [-0.15, -0.1) is 0 Å². The van der Waals surface area contributed by atoms with Gasteiger partial charge in [0.05, 0.1) is 9.92 Å². The second-order valence-corrected chi connectivity index (χ2v) is 9.70. The summed E-state index contributed by atoms with van der Waals surface area (Å²) < 4.78 is 40.1. The van der Waals surface area contributed by atoms with Crippen molar-refractivity contribution < 1.29 is 27.8 Å². The van der Waals surface area contributed by atoms with Crippen molar-refractivity contribution in [3.05, 3.63) is 82.9 Å². The number of rotatable bonds is 8. The molecule has 7 nitrogen and oxygen atoms in total. The molecule has 0 radical (unpaired) electrons. The number of hydrogen-bond acceptors (Lipinski definition) is 5. The normalized spacial score (nSPS) is 15.5. The molecule has 9 heteroatoms.